The smallest absolute Gasteiger partial charge is 0.165 e. The monoisotopic (exact) mass is 343 g/mol. The van der Waals surface area contributed by atoms with Gasteiger partial charge in [0, 0.05) is 11.1 Å². The minimum Gasteiger partial charge on any atom is -0.507 e. The van der Waals surface area contributed by atoms with Gasteiger partial charge in [0.1, 0.15) is 17.3 Å². The number of nitrogens with one attached hydrogen (secondary N) is 1. The summed E-state index contributed by atoms with van der Waals surface area (Å²) in [6, 6.07) is 22.5. The SMILES string of the molecule is COc1ccc(Nc2nc(-c3ccccc3O)nc3ccccc23)cc1. The molecule has 0 atom stereocenters. The number of hydrogen-bond acceptors (Lipinski definition) is 5. The fourth-order valence-electron chi connectivity index (χ4n) is 2.77. The Morgan fingerprint density at radius 1 is 0.846 bits per heavy atom. The third-order valence-corrected chi connectivity index (χ3v) is 4.10. The molecule has 2 N–H and O–H groups in total. The average Bonchev–Trinajstić information content (AvgIpc) is 2.69. The van der Waals surface area contributed by atoms with Crippen molar-refractivity contribution in [3.8, 4) is 22.9 Å². The van der Waals surface area contributed by atoms with Crippen molar-refractivity contribution in [2.45, 2.75) is 0 Å². The van der Waals surface area contributed by atoms with Gasteiger partial charge >= 0.3 is 0 Å². The van der Waals surface area contributed by atoms with Crippen LogP contribution in [0.4, 0.5) is 11.5 Å². The maximum absolute atomic E-state index is 10.2. The molecule has 0 unspecified atom stereocenters. The molecule has 5 heteroatoms. The van der Waals surface area contributed by atoms with Crippen molar-refractivity contribution < 1.29 is 9.84 Å². The van der Waals surface area contributed by atoms with Crippen molar-refractivity contribution in [2.24, 2.45) is 0 Å². The third kappa shape index (κ3) is 3.02. The maximum Gasteiger partial charge on any atom is 0.165 e. The van der Waals surface area contributed by atoms with Gasteiger partial charge in [0.2, 0.25) is 0 Å². The van der Waals surface area contributed by atoms with Gasteiger partial charge in [0.05, 0.1) is 18.2 Å². The van der Waals surface area contributed by atoms with Crippen molar-refractivity contribution in [3.05, 3.63) is 72.8 Å². The molecule has 3 aromatic carbocycles. The molecule has 1 aromatic heterocycles. The highest BCUT2D eigenvalue weighted by atomic mass is 16.5. The molecular formula is C21H17N3O2. The Kier molecular flexibility index (Phi) is 4.11. The van der Waals surface area contributed by atoms with Crippen LogP contribution in [0.2, 0.25) is 0 Å². The van der Waals surface area contributed by atoms with E-state index in [9.17, 15) is 5.11 Å². The van der Waals surface area contributed by atoms with E-state index in [1.54, 1.807) is 25.3 Å². The van der Waals surface area contributed by atoms with Crippen LogP contribution < -0.4 is 10.1 Å². The van der Waals surface area contributed by atoms with Crippen LogP contribution in [-0.2, 0) is 0 Å². The van der Waals surface area contributed by atoms with E-state index in [0.29, 0.717) is 17.2 Å². The Balaban J connectivity index is 1.83. The predicted octanol–water partition coefficient (Wildman–Crippen LogP) is 4.75. The molecule has 0 aliphatic carbocycles. The van der Waals surface area contributed by atoms with E-state index in [1.807, 2.05) is 54.6 Å². The second-order valence-corrected chi connectivity index (χ2v) is 5.78. The summed E-state index contributed by atoms with van der Waals surface area (Å²) in [6.45, 7) is 0. The Morgan fingerprint density at radius 2 is 1.58 bits per heavy atom. The van der Waals surface area contributed by atoms with Crippen LogP contribution in [0.3, 0.4) is 0 Å². The fourth-order valence-corrected chi connectivity index (χ4v) is 2.77. The lowest BCUT2D eigenvalue weighted by atomic mass is 10.1. The first-order valence-electron chi connectivity index (χ1n) is 8.21. The van der Waals surface area contributed by atoms with Crippen molar-refractivity contribution in [2.75, 3.05) is 12.4 Å². The molecule has 4 rings (SSSR count). The predicted molar refractivity (Wildman–Crippen MR) is 103 cm³/mol. The molecule has 26 heavy (non-hydrogen) atoms. The summed E-state index contributed by atoms with van der Waals surface area (Å²) in [6.07, 6.45) is 0. The number of aromatic nitrogens is 2. The zero-order valence-corrected chi connectivity index (χ0v) is 14.2. The van der Waals surface area contributed by atoms with Gasteiger partial charge in [-0.15, -0.1) is 0 Å². The second kappa shape index (κ2) is 6.72. The fraction of sp³-hybridized carbons (Fsp3) is 0.0476. The molecule has 0 saturated carbocycles. The highest BCUT2D eigenvalue weighted by Crippen LogP contribution is 2.31. The summed E-state index contributed by atoms with van der Waals surface area (Å²) in [5, 5.41) is 14.4. The topological polar surface area (TPSA) is 67.3 Å². The van der Waals surface area contributed by atoms with E-state index in [-0.39, 0.29) is 5.75 Å². The first-order chi connectivity index (χ1) is 12.7. The average molecular weight is 343 g/mol. The summed E-state index contributed by atoms with van der Waals surface area (Å²) in [5.74, 6) is 2.09. The van der Waals surface area contributed by atoms with E-state index in [0.717, 1.165) is 22.3 Å². The number of rotatable bonds is 4. The van der Waals surface area contributed by atoms with Gasteiger partial charge in [0.15, 0.2) is 5.82 Å². The number of methoxy groups -OCH3 is 1. The standard InChI is InChI=1S/C21H17N3O2/c1-26-15-12-10-14(11-13-15)22-20-16-6-2-4-8-18(16)23-21(24-20)17-7-3-5-9-19(17)25/h2-13,25H,1H3,(H,22,23,24). The summed E-state index contributed by atoms with van der Waals surface area (Å²) in [4.78, 5) is 9.26. The van der Waals surface area contributed by atoms with Gasteiger partial charge in [-0.2, -0.15) is 0 Å². The molecule has 5 nitrogen and oxygen atoms in total. The molecule has 0 radical (unpaired) electrons. The lowest BCUT2D eigenvalue weighted by Crippen LogP contribution is -1.99. The van der Waals surface area contributed by atoms with Crippen molar-refractivity contribution in [1.82, 2.24) is 9.97 Å². The van der Waals surface area contributed by atoms with Gasteiger partial charge in [-0.25, -0.2) is 9.97 Å². The minimum absolute atomic E-state index is 0.151. The summed E-state index contributed by atoms with van der Waals surface area (Å²) in [5.41, 5.74) is 2.28. The van der Waals surface area contributed by atoms with Crippen LogP contribution in [0.1, 0.15) is 0 Å². The number of aromatic hydroxyl groups is 1. The van der Waals surface area contributed by atoms with Crippen molar-refractivity contribution in [3.63, 3.8) is 0 Å². The van der Waals surface area contributed by atoms with Crippen LogP contribution in [-0.4, -0.2) is 22.2 Å². The number of nitrogens with zero attached hydrogens (tertiary/aromatic N) is 2. The lowest BCUT2D eigenvalue weighted by molar-refractivity contribution is 0.415. The highest BCUT2D eigenvalue weighted by Gasteiger charge is 2.12. The van der Waals surface area contributed by atoms with Crippen molar-refractivity contribution >= 4 is 22.4 Å². The van der Waals surface area contributed by atoms with Crippen LogP contribution in [0.15, 0.2) is 72.8 Å². The summed E-state index contributed by atoms with van der Waals surface area (Å²) >= 11 is 0. The highest BCUT2D eigenvalue weighted by molar-refractivity contribution is 5.92. The number of para-hydroxylation sites is 2. The third-order valence-electron chi connectivity index (χ3n) is 4.10. The molecule has 4 aromatic rings. The molecular weight excluding hydrogens is 326 g/mol. The van der Waals surface area contributed by atoms with Gasteiger partial charge in [-0.1, -0.05) is 24.3 Å². The first-order valence-corrected chi connectivity index (χ1v) is 8.21. The maximum atomic E-state index is 10.2. The Hall–Kier alpha value is -3.60. The Labute approximate surface area is 150 Å². The second-order valence-electron chi connectivity index (χ2n) is 5.78. The van der Waals surface area contributed by atoms with Gasteiger partial charge in [0.25, 0.3) is 0 Å². The number of benzene rings is 3. The van der Waals surface area contributed by atoms with E-state index >= 15 is 0 Å². The summed E-state index contributed by atoms with van der Waals surface area (Å²) < 4.78 is 5.20. The largest absolute Gasteiger partial charge is 0.507 e. The van der Waals surface area contributed by atoms with Gasteiger partial charge < -0.3 is 15.2 Å². The van der Waals surface area contributed by atoms with E-state index in [4.69, 9.17) is 4.74 Å². The van der Waals surface area contributed by atoms with E-state index in [1.165, 1.54) is 0 Å². The molecule has 1 heterocycles. The lowest BCUT2D eigenvalue weighted by Gasteiger charge is -2.12. The normalized spacial score (nSPS) is 10.7. The number of hydrogen-bond donors (Lipinski definition) is 2. The molecule has 0 saturated heterocycles. The summed E-state index contributed by atoms with van der Waals surface area (Å²) in [7, 11) is 1.64. The molecule has 0 aliphatic rings. The molecule has 0 bridgehead atoms. The number of anilines is 2. The Bertz CT molecular complexity index is 1060. The van der Waals surface area contributed by atoms with Crippen LogP contribution in [0.5, 0.6) is 11.5 Å². The zero-order chi connectivity index (χ0) is 17.9. The van der Waals surface area contributed by atoms with Gasteiger partial charge in [-0.3, -0.25) is 0 Å². The van der Waals surface area contributed by atoms with Crippen molar-refractivity contribution in [1.29, 1.82) is 0 Å². The number of phenols is 1. The molecule has 0 spiro atoms. The van der Waals surface area contributed by atoms with E-state index in [2.05, 4.69) is 15.3 Å². The number of phenolic OH excluding ortho intramolecular Hbond substituents is 1. The minimum atomic E-state index is 0.151. The zero-order valence-electron chi connectivity index (χ0n) is 14.2. The van der Waals surface area contributed by atoms with Gasteiger partial charge in [-0.05, 0) is 48.5 Å². The number of fused-ring (bicyclic) bond motifs is 1. The van der Waals surface area contributed by atoms with Crippen LogP contribution in [0, 0.1) is 0 Å². The molecule has 0 amide bonds. The Morgan fingerprint density at radius 3 is 2.35 bits per heavy atom. The first kappa shape index (κ1) is 15.9. The molecule has 128 valence electrons. The van der Waals surface area contributed by atoms with E-state index < -0.39 is 0 Å². The van der Waals surface area contributed by atoms with Crippen LogP contribution >= 0.6 is 0 Å². The van der Waals surface area contributed by atoms with Crippen LogP contribution in [0.25, 0.3) is 22.3 Å². The quantitative estimate of drug-likeness (QED) is 0.559. The number of ether oxygens (including phenoxy) is 1. The molecule has 0 aliphatic heterocycles. The molecule has 0 fully saturated rings.